The molecule has 1 fully saturated rings. The molecule has 2 rings (SSSR count). The van der Waals surface area contributed by atoms with Crippen molar-refractivity contribution >= 4 is 15.8 Å². The molecular weight excluding hydrogens is 288 g/mol. The van der Waals surface area contributed by atoms with Gasteiger partial charge in [0.25, 0.3) is 0 Å². The fraction of sp³-hybridized carbons (Fsp3) is 0.562. The Morgan fingerprint density at radius 2 is 1.81 bits per heavy atom. The summed E-state index contributed by atoms with van der Waals surface area (Å²) in [7, 11) is -3.23. The van der Waals surface area contributed by atoms with Crippen LogP contribution in [0.3, 0.4) is 0 Å². The molecule has 0 heterocycles. The van der Waals surface area contributed by atoms with Crippen molar-refractivity contribution < 1.29 is 18.3 Å². The number of carbonyl (C=O) groups is 1. The minimum atomic E-state index is -3.23. The largest absolute Gasteiger partial charge is 0.481 e. The van der Waals surface area contributed by atoms with Gasteiger partial charge in [0.15, 0.2) is 9.84 Å². The molecule has 5 heteroatoms. The van der Waals surface area contributed by atoms with Crippen LogP contribution >= 0.6 is 0 Å². The maximum Gasteiger partial charge on any atom is 0.310 e. The van der Waals surface area contributed by atoms with Crippen LogP contribution in [0.25, 0.3) is 0 Å². The molecule has 1 atom stereocenters. The highest BCUT2D eigenvalue weighted by Crippen LogP contribution is 2.34. The number of carboxylic acid groups (broad SMARTS) is 1. The van der Waals surface area contributed by atoms with Crippen molar-refractivity contribution in [3.63, 3.8) is 0 Å². The SMILES string of the molecule is CCS(=O)(=O)c1ccc([C@@H](CC2CCCC2)C(=O)O)cc1. The molecule has 0 saturated heterocycles. The van der Waals surface area contributed by atoms with Gasteiger partial charge in [-0.1, -0.05) is 44.7 Å². The third kappa shape index (κ3) is 3.84. The van der Waals surface area contributed by atoms with Gasteiger partial charge in [-0.25, -0.2) is 8.42 Å². The smallest absolute Gasteiger partial charge is 0.310 e. The molecule has 0 amide bonds. The molecule has 0 aromatic heterocycles. The van der Waals surface area contributed by atoms with Crippen LogP contribution < -0.4 is 0 Å². The van der Waals surface area contributed by atoms with Crippen LogP contribution in [0.1, 0.15) is 50.5 Å². The Balaban J connectivity index is 2.19. The molecule has 1 aromatic rings. The highest BCUT2D eigenvalue weighted by Gasteiger charge is 2.26. The van der Waals surface area contributed by atoms with Crippen LogP contribution in [0.15, 0.2) is 29.2 Å². The highest BCUT2D eigenvalue weighted by molar-refractivity contribution is 7.91. The Morgan fingerprint density at radius 1 is 1.24 bits per heavy atom. The molecule has 1 N–H and O–H groups in total. The summed E-state index contributed by atoms with van der Waals surface area (Å²) >= 11 is 0. The molecule has 1 aromatic carbocycles. The van der Waals surface area contributed by atoms with Crippen molar-refractivity contribution in [1.82, 2.24) is 0 Å². The summed E-state index contributed by atoms with van der Waals surface area (Å²) in [4.78, 5) is 11.8. The first-order valence-electron chi connectivity index (χ1n) is 7.49. The summed E-state index contributed by atoms with van der Waals surface area (Å²) in [5.74, 6) is -0.832. The Labute approximate surface area is 126 Å². The third-order valence-corrected chi connectivity index (χ3v) is 6.11. The summed E-state index contributed by atoms with van der Waals surface area (Å²) in [6.07, 6.45) is 5.22. The van der Waals surface area contributed by atoms with Crippen LogP contribution in [-0.4, -0.2) is 25.2 Å². The summed E-state index contributed by atoms with van der Waals surface area (Å²) in [6.45, 7) is 1.60. The van der Waals surface area contributed by atoms with E-state index in [0.717, 1.165) is 12.8 Å². The van der Waals surface area contributed by atoms with E-state index >= 15 is 0 Å². The topological polar surface area (TPSA) is 71.4 Å². The summed E-state index contributed by atoms with van der Waals surface area (Å²) < 4.78 is 23.6. The number of aliphatic carboxylic acids is 1. The van der Waals surface area contributed by atoms with Gasteiger partial charge in [-0.15, -0.1) is 0 Å². The zero-order valence-corrected chi connectivity index (χ0v) is 13.1. The average Bonchev–Trinajstić information content (AvgIpc) is 2.97. The molecule has 4 nitrogen and oxygen atoms in total. The molecule has 1 saturated carbocycles. The fourth-order valence-corrected chi connectivity index (χ4v) is 3.92. The Morgan fingerprint density at radius 3 is 2.29 bits per heavy atom. The molecule has 1 aliphatic carbocycles. The van der Waals surface area contributed by atoms with E-state index < -0.39 is 21.7 Å². The lowest BCUT2D eigenvalue weighted by atomic mass is 9.88. The van der Waals surface area contributed by atoms with E-state index in [1.54, 1.807) is 19.1 Å². The van der Waals surface area contributed by atoms with Gasteiger partial charge in [0, 0.05) is 0 Å². The molecule has 21 heavy (non-hydrogen) atoms. The van der Waals surface area contributed by atoms with E-state index in [1.807, 2.05) is 0 Å². The van der Waals surface area contributed by atoms with E-state index in [9.17, 15) is 18.3 Å². The van der Waals surface area contributed by atoms with Gasteiger partial charge in [-0.2, -0.15) is 0 Å². The van der Waals surface area contributed by atoms with Crippen LogP contribution in [0.5, 0.6) is 0 Å². The van der Waals surface area contributed by atoms with Crippen molar-refractivity contribution in [2.45, 2.75) is 49.8 Å². The first-order valence-corrected chi connectivity index (χ1v) is 9.14. The van der Waals surface area contributed by atoms with Crippen molar-refractivity contribution in [1.29, 1.82) is 0 Å². The van der Waals surface area contributed by atoms with E-state index in [1.165, 1.54) is 25.0 Å². The van der Waals surface area contributed by atoms with Crippen molar-refractivity contribution in [2.24, 2.45) is 5.92 Å². The maximum atomic E-state index is 11.8. The Bertz CT molecular complexity index is 583. The lowest BCUT2D eigenvalue weighted by Crippen LogP contribution is -2.15. The molecular formula is C16H22O4S. The van der Waals surface area contributed by atoms with Gasteiger partial charge in [0.2, 0.25) is 0 Å². The zero-order chi connectivity index (χ0) is 15.5. The molecule has 0 aliphatic heterocycles. The number of hydrogen-bond acceptors (Lipinski definition) is 3. The van der Waals surface area contributed by atoms with Crippen LogP contribution in [0, 0.1) is 5.92 Å². The Hall–Kier alpha value is -1.36. The quantitative estimate of drug-likeness (QED) is 0.875. The number of benzene rings is 1. The predicted molar refractivity (Wildman–Crippen MR) is 81.1 cm³/mol. The van der Waals surface area contributed by atoms with Crippen LogP contribution in [-0.2, 0) is 14.6 Å². The molecule has 0 radical (unpaired) electrons. The third-order valence-electron chi connectivity index (χ3n) is 4.36. The van der Waals surface area contributed by atoms with Crippen molar-refractivity contribution in [3.8, 4) is 0 Å². The summed E-state index contributed by atoms with van der Waals surface area (Å²) in [5.41, 5.74) is 0.699. The zero-order valence-electron chi connectivity index (χ0n) is 12.3. The molecule has 1 aliphatic rings. The summed E-state index contributed by atoms with van der Waals surface area (Å²) in [5, 5.41) is 9.44. The van der Waals surface area contributed by atoms with E-state index in [0.29, 0.717) is 17.9 Å². The van der Waals surface area contributed by atoms with Gasteiger partial charge < -0.3 is 5.11 Å². The fourth-order valence-electron chi connectivity index (χ4n) is 3.03. The lowest BCUT2D eigenvalue weighted by molar-refractivity contribution is -0.139. The number of sulfone groups is 1. The van der Waals surface area contributed by atoms with Crippen molar-refractivity contribution in [3.05, 3.63) is 29.8 Å². The number of hydrogen-bond donors (Lipinski definition) is 1. The normalized spacial score (nSPS) is 17.8. The molecule has 0 spiro atoms. The van der Waals surface area contributed by atoms with Crippen LogP contribution in [0.2, 0.25) is 0 Å². The second kappa shape index (κ2) is 6.60. The van der Waals surface area contributed by atoms with Gasteiger partial charge >= 0.3 is 5.97 Å². The standard InChI is InChI=1S/C16H22O4S/c1-2-21(19,20)14-9-7-13(8-10-14)15(16(17)18)11-12-5-3-4-6-12/h7-10,12,15H,2-6,11H2,1H3,(H,17,18)/t15-/m1/s1. The maximum absolute atomic E-state index is 11.8. The number of rotatable bonds is 6. The lowest BCUT2D eigenvalue weighted by Gasteiger charge is -2.17. The first-order chi connectivity index (χ1) is 9.94. The summed E-state index contributed by atoms with van der Waals surface area (Å²) in [6, 6.07) is 6.35. The predicted octanol–water partition coefficient (Wildman–Crippen LogP) is 3.23. The molecule has 0 bridgehead atoms. The van der Waals surface area contributed by atoms with E-state index in [4.69, 9.17) is 0 Å². The Kier molecular flexibility index (Phi) is 5.04. The minimum absolute atomic E-state index is 0.0524. The van der Waals surface area contributed by atoms with Gasteiger partial charge in [0.1, 0.15) is 0 Å². The molecule has 0 unspecified atom stereocenters. The van der Waals surface area contributed by atoms with Crippen molar-refractivity contribution in [2.75, 3.05) is 5.75 Å². The monoisotopic (exact) mass is 310 g/mol. The van der Waals surface area contributed by atoms with Crippen LogP contribution in [0.4, 0.5) is 0 Å². The van der Waals surface area contributed by atoms with Gasteiger partial charge in [-0.3, -0.25) is 4.79 Å². The molecule has 116 valence electrons. The highest BCUT2D eigenvalue weighted by atomic mass is 32.2. The second-order valence-electron chi connectivity index (χ2n) is 5.75. The minimum Gasteiger partial charge on any atom is -0.481 e. The average molecular weight is 310 g/mol. The van der Waals surface area contributed by atoms with Gasteiger partial charge in [-0.05, 0) is 30.0 Å². The van der Waals surface area contributed by atoms with Gasteiger partial charge in [0.05, 0.1) is 16.6 Å². The number of carboxylic acids is 1. The van der Waals surface area contributed by atoms with E-state index in [-0.39, 0.29) is 10.6 Å². The first kappa shape index (κ1) is 16.0. The second-order valence-corrected chi connectivity index (χ2v) is 8.03. The van der Waals surface area contributed by atoms with E-state index in [2.05, 4.69) is 0 Å².